The molecule has 0 radical (unpaired) electrons. The van der Waals surface area contributed by atoms with Crippen LogP contribution in [0.5, 0.6) is 0 Å². The van der Waals surface area contributed by atoms with E-state index in [1.807, 2.05) is 42.2 Å². The van der Waals surface area contributed by atoms with Gasteiger partial charge in [-0.3, -0.25) is 9.67 Å². The number of hydrogen-bond donors (Lipinski definition) is 2. The molecule has 3 rings (SSSR count). The van der Waals surface area contributed by atoms with Crippen LogP contribution in [0.3, 0.4) is 0 Å². The predicted octanol–water partition coefficient (Wildman–Crippen LogP) is 0.866. The van der Waals surface area contributed by atoms with E-state index in [9.17, 15) is 0 Å². The Hall–Kier alpha value is -3.16. The number of pyridine rings is 1. The van der Waals surface area contributed by atoms with Gasteiger partial charge in [0.05, 0.1) is 12.2 Å². The second-order valence-electron chi connectivity index (χ2n) is 5.20. The maximum absolute atomic E-state index is 4.33. The highest BCUT2D eigenvalue weighted by molar-refractivity contribution is 5.79. The molecule has 0 bridgehead atoms. The Kier molecular flexibility index (Phi) is 4.85. The van der Waals surface area contributed by atoms with E-state index in [4.69, 9.17) is 0 Å². The molecule has 0 fully saturated rings. The summed E-state index contributed by atoms with van der Waals surface area (Å²) >= 11 is 0. The van der Waals surface area contributed by atoms with E-state index in [1.54, 1.807) is 30.3 Å². The average Bonchev–Trinajstić information content (AvgIpc) is 3.27. The molecule has 8 heteroatoms. The van der Waals surface area contributed by atoms with Crippen molar-refractivity contribution in [2.24, 2.45) is 12.0 Å². The van der Waals surface area contributed by atoms with Crippen molar-refractivity contribution >= 4 is 5.96 Å². The average molecular weight is 324 g/mol. The summed E-state index contributed by atoms with van der Waals surface area (Å²) in [5.74, 6) is 1.52. The first-order chi connectivity index (χ1) is 11.8. The first kappa shape index (κ1) is 15.7. The Morgan fingerprint density at radius 2 is 2.00 bits per heavy atom. The van der Waals surface area contributed by atoms with Gasteiger partial charge in [-0.05, 0) is 29.8 Å². The summed E-state index contributed by atoms with van der Waals surface area (Å²) in [6.07, 6.45) is 7.16. The zero-order valence-electron chi connectivity index (χ0n) is 13.7. The summed E-state index contributed by atoms with van der Waals surface area (Å²) in [5, 5.41) is 14.9. The fourth-order valence-corrected chi connectivity index (χ4v) is 2.26. The molecule has 124 valence electrons. The highest BCUT2D eigenvalue weighted by Gasteiger charge is 2.03. The molecular formula is C16H20N8. The quantitative estimate of drug-likeness (QED) is 0.537. The number of guanidine groups is 1. The number of aliphatic imine (C=N–C) groups is 1. The minimum Gasteiger partial charge on any atom is -0.352 e. The third kappa shape index (κ3) is 3.78. The first-order valence-corrected chi connectivity index (χ1v) is 7.62. The van der Waals surface area contributed by atoms with Crippen molar-refractivity contribution in [1.82, 2.24) is 35.2 Å². The number of hydrogen-bond acceptors (Lipinski definition) is 4. The van der Waals surface area contributed by atoms with Crippen LogP contribution in [0, 0.1) is 0 Å². The molecule has 0 saturated heterocycles. The fourth-order valence-electron chi connectivity index (χ4n) is 2.26. The number of rotatable bonds is 5. The second-order valence-corrected chi connectivity index (χ2v) is 5.20. The Morgan fingerprint density at radius 3 is 2.71 bits per heavy atom. The van der Waals surface area contributed by atoms with E-state index < -0.39 is 0 Å². The second kappa shape index (κ2) is 7.40. The Balaban J connectivity index is 1.58. The summed E-state index contributed by atoms with van der Waals surface area (Å²) in [4.78, 5) is 8.56. The van der Waals surface area contributed by atoms with Gasteiger partial charge in [0.15, 0.2) is 11.8 Å². The van der Waals surface area contributed by atoms with Crippen LogP contribution in [0.25, 0.3) is 5.82 Å². The van der Waals surface area contributed by atoms with Gasteiger partial charge < -0.3 is 10.6 Å². The molecule has 0 saturated carbocycles. The standard InChI is InChI=1S/C16H20N8/c1-17-16(20-12-14-5-8-21-23(14)2)19-11-13-4-7-18-15(10-13)24-9-3-6-22-24/h3-10H,11-12H2,1-2H3,(H2,17,19,20). The van der Waals surface area contributed by atoms with E-state index in [1.165, 1.54) is 0 Å². The summed E-state index contributed by atoms with van der Waals surface area (Å²) in [5.41, 5.74) is 2.18. The molecule has 0 amide bonds. The largest absolute Gasteiger partial charge is 0.352 e. The van der Waals surface area contributed by atoms with E-state index in [-0.39, 0.29) is 0 Å². The molecule has 3 aromatic heterocycles. The lowest BCUT2D eigenvalue weighted by atomic mass is 10.2. The number of aromatic nitrogens is 5. The molecule has 0 aliphatic carbocycles. The SMILES string of the molecule is CN=C(NCc1ccnc(-n2cccn2)c1)NCc1ccnn1C. The van der Waals surface area contributed by atoms with E-state index in [0.29, 0.717) is 13.1 Å². The summed E-state index contributed by atoms with van der Waals surface area (Å²) in [6, 6.07) is 7.80. The molecule has 0 atom stereocenters. The minimum absolute atomic E-state index is 0.641. The maximum Gasteiger partial charge on any atom is 0.191 e. The molecule has 0 aliphatic rings. The topological polar surface area (TPSA) is 84.9 Å². The lowest BCUT2D eigenvalue weighted by Gasteiger charge is -2.12. The molecule has 0 aliphatic heterocycles. The highest BCUT2D eigenvalue weighted by atomic mass is 15.3. The Labute approximate surface area is 140 Å². The van der Waals surface area contributed by atoms with Crippen LogP contribution in [-0.4, -0.2) is 37.6 Å². The molecule has 3 aromatic rings. The van der Waals surface area contributed by atoms with Gasteiger partial charge in [0.1, 0.15) is 0 Å². The van der Waals surface area contributed by atoms with Gasteiger partial charge in [-0.1, -0.05) is 0 Å². The summed E-state index contributed by atoms with van der Waals surface area (Å²) in [7, 11) is 3.67. The number of nitrogens with one attached hydrogen (secondary N) is 2. The van der Waals surface area contributed by atoms with Crippen LogP contribution in [0.4, 0.5) is 0 Å². The van der Waals surface area contributed by atoms with Crippen LogP contribution in [0.1, 0.15) is 11.3 Å². The number of nitrogens with zero attached hydrogens (tertiary/aromatic N) is 6. The smallest absolute Gasteiger partial charge is 0.191 e. The highest BCUT2D eigenvalue weighted by Crippen LogP contribution is 2.06. The molecule has 8 nitrogen and oxygen atoms in total. The third-order valence-corrected chi connectivity index (χ3v) is 3.59. The van der Waals surface area contributed by atoms with Gasteiger partial charge in [-0.25, -0.2) is 9.67 Å². The Bertz CT molecular complexity index is 803. The van der Waals surface area contributed by atoms with Crippen molar-refractivity contribution in [2.45, 2.75) is 13.1 Å². The van der Waals surface area contributed by atoms with Gasteiger partial charge in [0, 0.05) is 45.4 Å². The normalized spacial score (nSPS) is 11.5. The fraction of sp³-hybridized carbons (Fsp3) is 0.250. The molecule has 0 spiro atoms. The van der Waals surface area contributed by atoms with Crippen LogP contribution >= 0.6 is 0 Å². The zero-order valence-corrected chi connectivity index (χ0v) is 13.7. The van der Waals surface area contributed by atoms with E-state index in [2.05, 4.69) is 30.8 Å². The maximum atomic E-state index is 4.33. The van der Waals surface area contributed by atoms with Gasteiger partial charge in [-0.15, -0.1) is 0 Å². The van der Waals surface area contributed by atoms with Crippen LogP contribution in [0.2, 0.25) is 0 Å². The zero-order chi connectivity index (χ0) is 16.8. The van der Waals surface area contributed by atoms with Crippen molar-refractivity contribution < 1.29 is 0 Å². The van der Waals surface area contributed by atoms with Crippen LogP contribution in [-0.2, 0) is 20.1 Å². The molecule has 3 heterocycles. The number of aryl methyl sites for hydroxylation is 1. The lowest BCUT2D eigenvalue weighted by Crippen LogP contribution is -2.36. The van der Waals surface area contributed by atoms with Crippen molar-refractivity contribution in [2.75, 3.05) is 7.05 Å². The van der Waals surface area contributed by atoms with Crippen molar-refractivity contribution in [1.29, 1.82) is 0 Å². The molecular weight excluding hydrogens is 304 g/mol. The summed E-state index contributed by atoms with van der Waals surface area (Å²) < 4.78 is 3.57. The molecule has 0 unspecified atom stereocenters. The van der Waals surface area contributed by atoms with E-state index >= 15 is 0 Å². The van der Waals surface area contributed by atoms with E-state index in [0.717, 1.165) is 23.0 Å². The van der Waals surface area contributed by atoms with Gasteiger partial charge in [-0.2, -0.15) is 10.2 Å². The lowest BCUT2D eigenvalue weighted by molar-refractivity contribution is 0.684. The van der Waals surface area contributed by atoms with Crippen molar-refractivity contribution in [3.63, 3.8) is 0 Å². The van der Waals surface area contributed by atoms with Crippen molar-refractivity contribution in [3.8, 4) is 5.82 Å². The molecule has 0 aromatic carbocycles. The van der Waals surface area contributed by atoms with Gasteiger partial charge >= 0.3 is 0 Å². The van der Waals surface area contributed by atoms with Crippen molar-refractivity contribution in [3.05, 3.63) is 60.3 Å². The molecule has 2 N–H and O–H groups in total. The van der Waals surface area contributed by atoms with Gasteiger partial charge in [0.2, 0.25) is 0 Å². The minimum atomic E-state index is 0.641. The third-order valence-electron chi connectivity index (χ3n) is 3.59. The molecule has 24 heavy (non-hydrogen) atoms. The Morgan fingerprint density at radius 1 is 1.12 bits per heavy atom. The van der Waals surface area contributed by atoms with Crippen LogP contribution in [0.15, 0.2) is 54.0 Å². The van der Waals surface area contributed by atoms with Crippen LogP contribution < -0.4 is 10.6 Å². The van der Waals surface area contributed by atoms with Gasteiger partial charge in [0.25, 0.3) is 0 Å². The predicted molar refractivity (Wildman–Crippen MR) is 91.6 cm³/mol. The monoisotopic (exact) mass is 324 g/mol. The summed E-state index contributed by atoms with van der Waals surface area (Å²) in [6.45, 7) is 1.30. The first-order valence-electron chi connectivity index (χ1n) is 7.62.